The first kappa shape index (κ1) is 19.7. The van der Waals surface area contributed by atoms with Crippen molar-refractivity contribution >= 4 is 23.4 Å². The lowest BCUT2D eigenvalue weighted by molar-refractivity contribution is 0.102. The number of nitrogens with zero attached hydrogens (tertiary/aromatic N) is 4. The quantitative estimate of drug-likeness (QED) is 0.800. The van der Waals surface area contributed by atoms with Crippen LogP contribution in [0.4, 0.5) is 17.5 Å². The second-order valence-corrected chi connectivity index (χ2v) is 6.46. The molecule has 1 fully saturated rings. The summed E-state index contributed by atoms with van der Waals surface area (Å²) in [5.74, 6) is 2.02. The Balaban J connectivity index is 1.85. The van der Waals surface area contributed by atoms with Gasteiger partial charge in [0.2, 0.25) is 5.95 Å². The van der Waals surface area contributed by atoms with Crippen molar-refractivity contribution in [2.45, 2.75) is 0 Å². The first-order valence-corrected chi connectivity index (χ1v) is 8.93. The minimum atomic E-state index is -0.303. The fourth-order valence-electron chi connectivity index (χ4n) is 2.84. The summed E-state index contributed by atoms with van der Waals surface area (Å²) in [5.41, 5.74) is 0.937. The number of morpholine rings is 1. The molecule has 9 nitrogen and oxygen atoms in total. The molecule has 1 amide bonds. The lowest BCUT2D eigenvalue weighted by Gasteiger charge is -2.28. The summed E-state index contributed by atoms with van der Waals surface area (Å²) in [5, 5.41) is 2.88. The Labute approximate surface area is 164 Å². The summed E-state index contributed by atoms with van der Waals surface area (Å²) < 4.78 is 15.8. The van der Waals surface area contributed by atoms with Crippen LogP contribution >= 0.6 is 0 Å². The van der Waals surface area contributed by atoms with Gasteiger partial charge < -0.3 is 29.3 Å². The predicted molar refractivity (Wildman–Crippen MR) is 107 cm³/mol. The number of aromatic nitrogens is 2. The van der Waals surface area contributed by atoms with Gasteiger partial charge in [0.1, 0.15) is 17.2 Å². The number of hydrogen-bond donors (Lipinski definition) is 1. The van der Waals surface area contributed by atoms with E-state index in [1.54, 1.807) is 38.6 Å². The van der Waals surface area contributed by atoms with E-state index < -0.39 is 0 Å². The number of ether oxygens (including phenoxy) is 3. The number of methoxy groups -OCH3 is 2. The summed E-state index contributed by atoms with van der Waals surface area (Å²) in [6.07, 6.45) is 1.63. The molecule has 150 valence electrons. The maximum Gasteiger partial charge on any atom is 0.256 e. The molecule has 28 heavy (non-hydrogen) atoms. The Morgan fingerprint density at radius 2 is 1.79 bits per heavy atom. The first-order chi connectivity index (χ1) is 13.5. The molecule has 1 aliphatic rings. The second kappa shape index (κ2) is 8.75. The second-order valence-electron chi connectivity index (χ2n) is 6.46. The van der Waals surface area contributed by atoms with Gasteiger partial charge in [-0.15, -0.1) is 0 Å². The summed E-state index contributed by atoms with van der Waals surface area (Å²) in [7, 11) is 6.82. The summed E-state index contributed by atoms with van der Waals surface area (Å²) in [6.45, 7) is 2.78. The van der Waals surface area contributed by atoms with E-state index >= 15 is 0 Å². The predicted octanol–water partition coefficient (Wildman–Crippen LogP) is 1.65. The average Bonchev–Trinajstić information content (AvgIpc) is 2.73. The molecular weight excluding hydrogens is 362 g/mol. The lowest BCUT2D eigenvalue weighted by Crippen LogP contribution is -2.37. The number of carbonyl (C=O) groups is 1. The van der Waals surface area contributed by atoms with Crippen LogP contribution < -0.4 is 24.6 Å². The number of anilines is 3. The SMILES string of the molecule is COc1cc(OC)cc(C(=O)Nc2cnc(N3CCOCC3)nc2N(C)C)c1. The van der Waals surface area contributed by atoms with E-state index in [1.807, 2.05) is 19.0 Å². The van der Waals surface area contributed by atoms with E-state index in [0.29, 0.717) is 47.7 Å². The molecule has 1 aromatic carbocycles. The van der Waals surface area contributed by atoms with Gasteiger partial charge in [-0.2, -0.15) is 4.98 Å². The Hall–Kier alpha value is -3.07. The highest BCUT2D eigenvalue weighted by atomic mass is 16.5. The van der Waals surface area contributed by atoms with Crippen molar-refractivity contribution in [1.82, 2.24) is 9.97 Å². The van der Waals surface area contributed by atoms with Crippen LogP contribution in [0.25, 0.3) is 0 Å². The minimum Gasteiger partial charge on any atom is -0.497 e. The van der Waals surface area contributed by atoms with E-state index in [9.17, 15) is 4.79 Å². The van der Waals surface area contributed by atoms with E-state index in [2.05, 4.69) is 20.2 Å². The zero-order valence-corrected chi connectivity index (χ0v) is 16.6. The Morgan fingerprint density at radius 1 is 1.14 bits per heavy atom. The molecule has 0 saturated carbocycles. The summed E-state index contributed by atoms with van der Waals surface area (Å²) in [4.78, 5) is 25.8. The van der Waals surface area contributed by atoms with Crippen molar-refractivity contribution in [3.8, 4) is 11.5 Å². The maximum absolute atomic E-state index is 12.8. The zero-order valence-electron chi connectivity index (χ0n) is 16.6. The Morgan fingerprint density at radius 3 is 2.36 bits per heavy atom. The van der Waals surface area contributed by atoms with E-state index in [0.717, 1.165) is 13.1 Å². The fraction of sp³-hybridized carbons (Fsp3) is 0.421. The third kappa shape index (κ3) is 4.42. The molecule has 0 unspecified atom stereocenters. The van der Waals surface area contributed by atoms with Gasteiger partial charge in [-0.25, -0.2) is 4.98 Å². The van der Waals surface area contributed by atoms with Gasteiger partial charge in [0.15, 0.2) is 5.82 Å². The van der Waals surface area contributed by atoms with Crippen LogP contribution in [-0.4, -0.2) is 70.5 Å². The van der Waals surface area contributed by atoms with Gasteiger partial charge in [-0.3, -0.25) is 4.79 Å². The zero-order chi connectivity index (χ0) is 20.1. The molecule has 0 atom stereocenters. The van der Waals surface area contributed by atoms with Crippen LogP contribution in [0.3, 0.4) is 0 Å². The van der Waals surface area contributed by atoms with E-state index in [4.69, 9.17) is 14.2 Å². The minimum absolute atomic E-state index is 0.303. The number of rotatable bonds is 6. The van der Waals surface area contributed by atoms with Crippen molar-refractivity contribution in [2.24, 2.45) is 0 Å². The van der Waals surface area contributed by atoms with Crippen LogP contribution in [0.15, 0.2) is 24.4 Å². The maximum atomic E-state index is 12.8. The molecule has 1 aromatic heterocycles. The highest BCUT2D eigenvalue weighted by Gasteiger charge is 2.19. The highest BCUT2D eigenvalue weighted by molar-refractivity contribution is 6.06. The van der Waals surface area contributed by atoms with Gasteiger partial charge >= 0.3 is 0 Å². The molecule has 9 heteroatoms. The number of nitrogens with one attached hydrogen (secondary N) is 1. The number of amides is 1. The molecule has 2 aromatic rings. The lowest BCUT2D eigenvalue weighted by atomic mass is 10.2. The topological polar surface area (TPSA) is 89.0 Å². The summed E-state index contributed by atoms with van der Waals surface area (Å²) in [6, 6.07) is 5.01. The largest absolute Gasteiger partial charge is 0.497 e. The van der Waals surface area contributed by atoms with E-state index in [1.165, 1.54) is 0 Å². The molecule has 0 bridgehead atoms. The smallest absolute Gasteiger partial charge is 0.256 e. The molecule has 1 N–H and O–H groups in total. The molecule has 0 radical (unpaired) electrons. The molecule has 0 aliphatic carbocycles. The third-order valence-electron chi connectivity index (χ3n) is 4.34. The monoisotopic (exact) mass is 387 g/mol. The Kier molecular flexibility index (Phi) is 6.15. The molecule has 3 rings (SSSR count). The van der Waals surface area contributed by atoms with Crippen molar-refractivity contribution in [3.05, 3.63) is 30.0 Å². The van der Waals surface area contributed by atoms with Crippen LogP contribution in [0, 0.1) is 0 Å². The van der Waals surface area contributed by atoms with E-state index in [-0.39, 0.29) is 5.91 Å². The van der Waals surface area contributed by atoms with Crippen LogP contribution in [0.2, 0.25) is 0 Å². The molecule has 1 saturated heterocycles. The van der Waals surface area contributed by atoms with Crippen LogP contribution in [-0.2, 0) is 4.74 Å². The van der Waals surface area contributed by atoms with Crippen molar-refractivity contribution in [3.63, 3.8) is 0 Å². The number of carbonyl (C=O) groups excluding carboxylic acids is 1. The van der Waals surface area contributed by atoms with Gasteiger partial charge in [0.05, 0.1) is 33.6 Å². The van der Waals surface area contributed by atoms with Gasteiger partial charge in [0, 0.05) is 38.8 Å². The van der Waals surface area contributed by atoms with Crippen LogP contribution in [0.1, 0.15) is 10.4 Å². The fourth-order valence-corrected chi connectivity index (χ4v) is 2.84. The molecule has 2 heterocycles. The molecular formula is C19H25N5O4. The molecule has 1 aliphatic heterocycles. The Bertz CT molecular complexity index is 815. The number of hydrogen-bond acceptors (Lipinski definition) is 8. The van der Waals surface area contributed by atoms with Crippen molar-refractivity contribution in [1.29, 1.82) is 0 Å². The van der Waals surface area contributed by atoms with Crippen LogP contribution in [0.5, 0.6) is 11.5 Å². The van der Waals surface area contributed by atoms with Crippen molar-refractivity contribution < 1.29 is 19.0 Å². The van der Waals surface area contributed by atoms with Gasteiger partial charge in [-0.1, -0.05) is 0 Å². The standard InChI is InChI=1S/C19H25N5O4/c1-23(2)17-16(12-20-19(22-17)24-5-7-28-8-6-24)21-18(25)13-9-14(26-3)11-15(10-13)27-4/h9-12H,5-8H2,1-4H3,(H,21,25). The normalized spacial score (nSPS) is 13.8. The average molecular weight is 387 g/mol. The van der Waals surface area contributed by atoms with Gasteiger partial charge in [0.25, 0.3) is 5.91 Å². The third-order valence-corrected chi connectivity index (χ3v) is 4.34. The van der Waals surface area contributed by atoms with Crippen molar-refractivity contribution in [2.75, 3.05) is 69.7 Å². The molecule has 0 spiro atoms. The highest BCUT2D eigenvalue weighted by Crippen LogP contribution is 2.27. The number of benzene rings is 1. The summed E-state index contributed by atoms with van der Waals surface area (Å²) >= 11 is 0. The first-order valence-electron chi connectivity index (χ1n) is 8.93. The van der Waals surface area contributed by atoms with Gasteiger partial charge in [-0.05, 0) is 12.1 Å².